The molecule has 0 fully saturated rings. The zero-order valence-corrected chi connectivity index (χ0v) is 11.3. The minimum absolute atomic E-state index is 0.520. The Balaban J connectivity index is 3.06. The summed E-state index contributed by atoms with van der Waals surface area (Å²) < 4.78 is 0. The van der Waals surface area contributed by atoms with E-state index in [1.165, 1.54) is 51.4 Å². The summed E-state index contributed by atoms with van der Waals surface area (Å²) in [4.78, 5) is 10.6. The number of unbranched alkanes of at least 4 members (excludes halogenated alkanes) is 9. The number of hydrogen-bond acceptors (Lipinski definition) is 2. The molecule has 0 aliphatic heterocycles. The largest absolute Gasteiger partial charge is 0.383 e. The predicted molar refractivity (Wildman–Crippen MR) is 71.7 cm³/mol. The first kappa shape index (κ1) is 16.4. The lowest BCUT2D eigenvalue weighted by atomic mass is 10.0. The van der Waals surface area contributed by atoms with E-state index in [-0.39, 0.29) is 0 Å². The summed E-state index contributed by atoms with van der Waals surface area (Å²) in [5.41, 5.74) is 4.97. The fourth-order valence-corrected chi connectivity index (χ4v) is 1.97. The molecule has 0 rings (SSSR count). The van der Waals surface area contributed by atoms with Crippen molar-refractivity contribution in [1.82, 2.24) is 0 Å². The molecule has 0 aromatic rings. The number of amides is 1. The summed E-state index contributed by atoms with van der Waals surface area (Å²) >= 11 is 0. The van der Waals surface area contributed by atoms with Crippen LogP contribution < -0.4 is 5.73 Å². The third kappa shape index (κ3) is 11.7. The molecular formula is C14H29NO2. The number of carbonyl (C=O) groups is 1. The highest BCUT2D eigenvalue weighted by atomic mass is 16.3. The molecule has 0 aromatic heterocycles. The van der Waals surface area contributed by atoms with Gasteiger partial charge in [0.05, 0.1) is 0 Å². The minimum Gasteiger partial charge on any atom is -0.383 e. The van der Waals surface area contributed by atoms with Crippen LogP contribution in [0.25, 0.3) is 0 Å². The Morgan fingerprint density at radius 2 is 1.35 bits per heavy atom. The van der Waals surface area contributed by atoms with E-state index in [2.05, 4.69) is 6.92 Å². The third-order valence-electron chi connectivity index (χ3n) is 3.16. The molecule has 102 valence electrons. The second-order valence-electron chi connectivity index (χ2n) is 4.89. The van der Waals surface area contributed by atoms with E-state index in [1.54, 1.807) is 0 Å². The Bertz CT molecular complexity index is 183. The standard InChI is InChI=1S/C14H29NO2/c1-2-3-4-5-6-7-8-9-10-11-12-13(16)14(15)17/h13,16H,2-12H2,1H3,(H2,15,17). The van der Waals surface area contributed by atoms with E-state index < -0.39 is 12.0 Å². The first-order chi connectivity index (χ1) is 8.18. The average molecular weight is 243 g/mol. The van der Waals surface area contributed by atoms with Gasteiger partial charge in [0.25, 0.3) is 0 Å². The van der Waals surface area contributed by atoms with Crippen LogP contribution in [0.1, 0.15) is 77.6 Å². The molecule has 0 spiro atoms. The van der Waals surface area contributed by atoms with Gasteiger partial charge >= 0.3 is 0 Å². The highest BCUT2D eigenvalue weighted by molar-refractivity contribution is 5.78. The van der Waals surface area contributed by atoms with Gasteiger partial charge < -0.3 is 10.8 Å². The van der Waals surface area contributed by atoms with Crippen molar-refractivity contribution in [2.24, 2.45) is 5.73 Å². The van der Waals surface area contributed by atoms with Gasteiger partial charge in [0.2, 0.25) is 5.91 Å². The summed E-state index contributed by atoms with van der Waals surface area (Å²) in [6, 6.07) is 0. The van der Waals surface area contributed by atoms with Gasteiger partial charge in [-0.1, -0.05) is 71.1 Å². The van der Waals surface area contributed by atoms with Crippen molar-refractivity contribution in [2.75, 3.05) is 0 Å². The molecular weight excluding hydrogens is 214 g/mol. The number of primary amides is 1. The van der Waals surface area contributed by atoms with Crippen LogP contribution in [-0.2, 0) is 4.79 Å². The van der Waals surface area contributed by atoms with Gasteiger partial charge in [-0.05, 0) is 6.42 Å². The van der Waals surface area contributed by atoms with Crippen LogP contribution in [0.3, 0.4) is 0 Å². The van der Waals surface area contributed by atoms with E-state index in [0.29, 0.717) is 6.42 Å². The Morgan fingerprint density at radius 3 is 1.76 bits per heavy atom. The Hall–Kier alpha value is -0.570. The molecule has 0 aromatic carbocycles. The van der Waals surface area contributed by atoms with Crippen molar-refractivity contribution in [2.45, 2.75) is 83.7 Å². The van der Waals surface area contributed by atoms with Crippen molar-refractivity contribution in [3.05, 3.63) is 0 Å². The van der Waals surface area contributed by atoms with Crippen LogP contribution in [0.4, 0.5) is 0 Å². The summed E-state index contributed by atoms with van der Waals surface area (Å²) in [5.74, 6) is -0.596. The Labute approximate surface area is 106 Å². The van der Waals surface area contributed by atoms with E-state index in [9.17, 15) is 9.90 Å². The molecule has 0 saturated carbocycles. The van der Waals surface area contributed by atoms with Gasteiger partial charge in [0.15, 0.2) is 0 Å². The SMILES string of the molecule is CCCCCCCCCCCCC(O)C(N)=O. The van der Waals surface area contributed by atoms with Crippen molar-refractivity contribution < 1.29 is 9.90 Å². The molecule has 0 bridgehead atoms. The normalized spacial score (nSPS) is 12.6. The number of nitrogens with two attached hydrogens (primary N) is 1. The molecule has 3 heteroatoms. The maximum Gasteiger partial charge on any atom is 0.246 e. The van der Waals surface area contributed by atoms with Gasteiger partial charge in [-0.15, -0.1) is 0 Å². The van der Waals surface area contributed by atoms with Gasteiger partial charge in [-0.2, -0.15) is 0 Å². The number of carbonyl (C=O) groups excluding carboxylic acids is 1. The molecule has 0 heterocycles. The van der Waals surface area contributed by atoms with Crippen LogP contribution in [0.15, 0.2) is 0 Å². The lowest BCUT2D eigenvalue weighted by molar-refractivity contribution is -0.126. The first-order valence-electron chi connectivity index (χ1n) is 7.16. The molecule has 3 nitrogen and oxygen atoms in total. The summed E-state index contributed by atoms with van der Waals surface area (Å²) in [6.07, 6.45) is 12.2. The second kappa shape index (κ2) is 11.9. The fraction of sp³-hybridized carbons (Fsp3) is 0.929. The van der Waals surface area contributed by atoms with Crippen LogP contribution in [-0.4, -0.2) is 17.1 Å². The van der Waals surface area contributed by atoms with Gasteiger partial charge in [0.1, 0.15) is 6.10 Å². The van der Waals surface area contributed by atoms with Crippen LogP contribution in [0, 0.1) is 0 Å². The molecule has 1 atom stereocenters. The molecule has 0 aliphatic rings. The van der Waals surface area contributed by atoms with E-state index >= 15 is 0 Å². The van der Waals surface area contributed by atoms with Crippen LogP contribution >= 0.6 is 0 Å². The van der Waals surface area contributed by atoms with E-state index in [0.717, 1.165) is 12.8 Å². The maximum atomic E-state index is 10.6. The van der Waals surface area contributed by atoms with Gasteiger partial charge in [0, 0.05) is 0 Å². The predicted octanol–water partition coefficient (Wildman–Crippen LogP) is 3.14. The Morgan fingerprint density at radius 1 is 0.941 bits per heavy atom. The Kier molecular flexibility index (Phi) is 11.5. The summed E-state index contributed by atoms with van der Waals surface area (Å²) in [7, 11) is 0. The van der Waals surface area contributed by atoms with Crippen molar-refractivity contribution >= 4 is 5.91 Å². The average Bonchev–Trinajstić information content (AvgIpc) is 2.31. The lowest BCUT2D eigenvalue weighted by Crippen LogP contribution is -2.27. The third-order valence-corrected chi connectivity index (χ3v) is 3.16. The van der Waals surface area contributed by atoms with Crippen molar-refractivity contribution in [1.29, 1.82) is 0 Å². The molecule has 3 N–H and O–H groups in total. The molecule has 0 saturated heterocycles. The topological polar surface area (TPSA) is 63.3 Å². The van der Waals surface area contributed by atoms with Crippen molar-refractivity contribution in [3.63, 3.8) is 0 Å². The molecule has 0 radical (unpaired) electrons. The number of aliphatic hydroxyl groups is 1. The molecule has 1 amide bonds. The van der Waals surface area contributed by atoms with E-state index in [4.69, 9.17) is 5.73 Å². The zero-order chi connectivity index (χ0) is 12.9. The number of rotatable bonds is 12. The highest BCUT2D eigenvalue weighted by Crippen LogP contribution is 2.11. The van der Waals surface area contributed by atoms with Crippen molar-refractivity contribution in [3.8, 4) is 0 Å². The van der Waals surface area contributed by atoms with E-state index in [1.807, 2.05) is 0 Å². The van der Waals surface area contributed by atoms with Crippen LogP contribution in [0.5, 0.6) is 0 Å². The van der Waals surface area contributed by atoms with Crippen LogP contribution in [0.2, 0.25) is 0 Å². The van der Waals surface area contributed by atoms with Gasteiger partial charge in [-0.3, -0.25) is 4.79 Å². The number of aliphatic hydroxyl groups excluding tert-OH is 1. The second-order valence-corrected chi connectivity index (χ2v) is 4.89. The molecule has 1 unspecified atom stereocenters. The lowest BCUT2D eigenvalue weighted by Gasteiger charge is -2.05. The maximum absolute atomic E-state index is 10.6. The quantitative estimate of drug-likeness (QED) is 0.517. The monoisotopic (exact) mass is 243 g/mol. The van der Waals surface area contributed by atoms with Gasteiger partial charge in [-0.25, -0.2) is 0 Å². The first-order valence-corrected chi connectivity index (χ1v) is 7.16. The molecule has 17 heavy (non-hydrogen) atoms. The number of hydrogen-bond donors (Lipinski definition) is 2. The smallest absolute Gasteiger partial charge is 0.246 e. The summed E-state index contributed by atoms with van der Waals surface area (Å²) in [5, 5.41) is 9.18. The molecule has 0 aliphatic carbocycles. The zero-order valence-electron chi connectivity index (χ0n) is 11.3. The highest BCUT2D eigenvalue weighted by Gasteiger charge is 2.08. The minimum atomic E-state index is -0.941. The fourth-order valence-electron chi connectivity index (χ4n) is 1.97. The summed E-state index contributed by atoms with van der Waals surface area (Å²) in [6.45, 7) is 2.24.